The Labute approximate surface area is 122 Å². The van der Waals surface area contributed by atoms with E-state index in [0.717, 1.165) is 0 Å². The lowest BCUT2D eigenvalue weighted by atomic mass is 10.2. The highest BCUT2D eigenvalue weighted by molar-refractivity contribution is 5.89. The van der Waals surface area contributed by atoms with Crippen molar-refractivity contribution >= 4 is 11.7 Å². The van der Waals surface area contributed by atoms with Crippen molar-refractivity contribution in [2.45, 2.75) is 20.1 Å². The highest BCUT2D eigenvalue weighted by Gasteiger charge is 2.14. The number of esters is 1. The molecular weight excluding hydrogens is 275 g/mol. The molecular formula is C15H17FN2O3. The van der Waals surface area contributed by atoms with Crippen LogP contribution >= 0.6 is 0 Å². The van der Waals surface area contributed by atoms with Crippen molar-refractivity contribution in [3.63, 3.8) is 0 Å². The van der Waals surface area contributed by atoms with Crippen LogP contribution in [0.15, 0.2) is 30.5 Å². The third-order valence-electron chi connectivity index (χ3n) is 3.09. The number of nitrogens with two attached hydrogens (primary N) is 1. The van der Waals surface area contributed by atoms with Gasteiger partial charge in [0.1, 0.15) is 23.9 Å². The van der Waals surface area contributed by atoms with Gasteiger partial charge in [-0.1, -0.05) is 0 Å². The van der Waals surface area contributed by atoms with Gasteiger partial charge in [0.05, 0.1) is 12.8 Å². The molecule has 5 nitrogen and oxygen atoms in total. The van der Waals surface area contributed by atoms with Gasteiger partial charge in [-0.3, -0.25) is 0 Å². The summed E-state index contributed by atoms with van der Waals surface area (Å²) in [7, 11) is 1.46. The zero-order valence-corrected chi connectivity index (χ0v) is 11.9. The fourth-order valence-corrected chi connectivity index (χ4v) is 1.95. The van der Waals surface area contributed by atoms with E-state index in [1.54, 1.807) is 16.8 Å². The van der Waals surface area contributed by atoms with Crippen LogP contribution in [0, 0.1) is 5.82 Å². The number of ether oxygens (including phenoxy) is 2. The molecule has 0 aliphatic carbocycles. The van der Waals surface area contributed by atoms with Crippen molar-refractivity contribution in [1.82, 2.24) is 4.57 Å². The lowest BCUT2D eigenvalue weighted by Crippen LogP contribution is -2.11. The molecule has 0 radical (unpaired) electrons. The normalized spacial score (nSPS) is 10.4. The second kappa shape index (κ2) is 6.30. The predicted octanol–water partition coefficient (Wildman–Crippen LogP) is 2.59. The number of hydrogen-bond donors (Lipinski definition) is 1. The summed E-state index contributed by atoms with van der Waals surface area (Å²) in [6.45, 7) is 2.33. The Morgan fingerprint density at radius 1 is 1.38 bits per heavy atom. The Bertz CT molecular complexity index is 652. The Kier molecular flexibility index (Phi) is 4.47. The third-order valence-corrected chi connectivity index (χ3v) is 3.09. The van der Waals surface area contributed by atoms with Gasteiger partial charge in [-0.05, 0) is 25.1 Å². The maximum absolute atomic E-state index is 13.7. The Morgan fingerprint density at radius 3 is 2.76 bits per heavy atom. The molecule has 0 saturated heterocycles. The minimum atomic E-state index is -0.538. The van der Waals surface area contributed by atoms with E-state index in [1.165, 1.54) is 25.3 Å². The van der Waals surface area contributed by atoms with Crippen molar-refractivity contribution < 1.29 is 18.7 Å². The van der Waals surface area contributed by atoms with Crippen LogP contribution in [-0.2, 0) is 17.9 Å². The van der Waals surface area contributed by atoms with Gasteiger partial charge in [-0.25, -0.2) is 9.18 Å². The maximum atomic E-state index is 13.7. The molecule has 1 heterocycles. The minimum Gasteiger partial charge on any atom is -0.497 e. The molecule has 0 bridgehead atoms. The van der Waals surface area contributed by atoms with Crippen LogP contribution in [0.4, 0.5) is 10.1 Å². The first-order valence-electron chi connectivity index (χ1n) is 6.50. The average Bonchev–Trinajstić information content (AvgIpc) is 2.86. The van der Waals surface area contributed by atoms with Crippen molar-refractivity contribution in [2.75, 3.05) is 12.8 Å². The molecule has 2 N–H and O–H groups in total. The zero-order chi connectivity index (χ0) is 15.4. The number of carbonyl (C=O) groups is 1. The maximum Gasteiger partial charge on any atom is 0.355 e. The number of nitrogens with zero attached hydrogens (tertiary/aromatic N) is 1. The Hall–Kier alpha value is -2.50. The monoisotopic (exact) mass is 292 g/mol. The molecule has 6 heteroatoms. The molecule has 112 valence electrons. The molecule has 0 fully saturated rings. The summed E-state index contributed by atoms with van der Waals surface area (Å²) in [4.78, 5) is 12.0. The molecule has 1 aromatic heterocycles. The molecule has 21 heavy (non-hydrogen) atoms. The van der Waals surface area contributed by atoms with E-state index in [2.05, 4.69) is 0 Å². The highest BCUT2D eigenvalue weighted by Crippen LogP contribution is 2.18. The van der Waals surface area contributed by atoms with Crippen molar-refractivity contribution in [3.8, 4) is 5.75 Å². The van der Waals surface area contributed by atoms with Gasteiger partial charge < -0.3 is 19.8 Å². The smallest absolute Gasteiger partial charge is 0.355 e. The van der Waals surface area contributed by atoms with Gasteiger partial charge >= 0.3 is 5.97 Å². The fourth-order valence-electron chi connectivity index (χ4n) is 1.95. The van der Waals surface area contributed by atoms with E-state index in [-0.39, 0.29) is 12.2 Å². The Morgan fingerprint density at radius 2 is 2.14 bits per heavy atom. The quantitative estimate of drug-likeness (QED) is 0.860. The molecule has 0 aliphatic heterocycles. The third kappa shape index (κ3) is 3.34. The number of rotatable bonds is 5. The fraction of sp³-hybridized carbons (Fsp3) is 0.267. The topological polar surface area (TPSA) is 66.5 Å². The number of carbonyl (C=O) groups excluding carboxylic acids is 1. The van der Waals surface area contributed by atoms with Crippen LogP contribution in [0.25, 0.3) is 0 Å². The second-order valence-corrected chi connectivity index (χ2v) is 4.48. The number of halogens is 1. The lowest BCUT2D eigenvalue weighted by molar-refractivity contribution is 0.0456. The van der Waals surface area contributed by atoms with Crippen LogP contribution in [-0.4, -0.2) is 17.6 Å². The number of anilines is 1. The van der Waals surface area contributed by atoms with E-state index in [0.29, 0.717) is 23.7 Å². The summed E-state index contributed by atoms with van der Waals surface area (Å²) in [5, 5.41) is 0. The minimum absolute atomic E-state index is 0.149. The van der Waals surface area contributed by atoms with Gasteiger partial charge in [0.15, 0.2) is 0 Å². The number of aryl methyl sites for hydroxylation is 1. The summed E-state index contributed by atoms with van der Waals surface area (Å²) in [6.07, 6.45) is 1.66. The van der Waals surface area contributed by atoms with Crippen molar-refractivity contribution in [1.29, 1.82) is 0 Å². The van der Waals surface area contributed by atoms with Crippen molar-refractivity contribution in [3.05, 3.63) is 47.5 Å². The van der Waals surface area contributed by atoms with Gasteiger partial charge in [-0.15, -0.1) is 0 Å². The lowest BCUT2D eigenvalue weighted by Gasteiger charge is -2.08. The molecule has 2 aromatic rings. The number of aromatic nitrogens is 1. The number of methoxy groups -OCH3 is 1. The standard InChI is InChI=1S/C15H17FN2O3/c1-3-18-8-11(17)6-14(18)15(19)21-9-10-4-5-12(20-2)7-13(10)16/h4-8H,3,9,17H2,1-2H3. The summed E-state index contributed by atoms with van der Waals surface area (Å²) in [6, 6.07) is 5.92. The SMILES string of the molecule is CCn1cc(N)cc1C(=O)OCc1ccc(OC)cc1F. The first kappa shape index (κ1) is 14.9. The van der Waals surface area contributed by atoms with E-state index < -0.39 is 11.8 Å². The van der Waals surface area contributed by atoms with Crippen LogP contribution in [0.2, 0.25) is 0 Å². The molecule has 0 unspecified atom stereocenters. The van der Waals surface area contributed by atoms with Gasteiger partial charge in [0.25, 0.3) is 0 Å². The first-order valence-corrected chi connectivity index (χ1v) is 6.50. The van der Waals surface area contributed by atoms with Gasteiger partial charge in [0.2, 0.25) is 0 Å². The van der Waals surface area contributed by atoms with Crippen molar-refractivity contribution in [2.24, 2.45) is 0 Å². The molecule has 0 atom stereocenters. The Balaban J connectivity index is 2.07. The summed E-state index contributed by atoms with van der Waals surface area (Å²) >= 11 is 0. The average molecular weight is 292 g/mol. The van der Waals surface area contributed by atoms with Crippen LogP contribution in [0.3, 0.4) is 0 Å². The highest BCUT2D eigenvalue weighted by atomic mass is 19.1. The number of nitrogen functional groups attached to an aromatic ring is 1. The molecule has 1 aromatic carbocycles. The second-order valence-electron chi connectivity index (χ2n) is 4.48. The molecule has 0 aliphatic rings. The first-order chi connectivity index (χ1) is 10.0. The zero-order valence-electron chi connectivity index (χ0n) is 11.9. The summed E-state index contributed by atoms with van der Waals surface area (Å²) < 4.78 is 25.5. The van der Waals surface area contributed by atoms with E-state index in [9.17, 15) is 9.18 Å². The van der Waals surface area contributed by atoms with Gasteiger partial charge in [0, 0.05) is 24.4 Å². The van der Waals surface area contributed by atoms with Crippen LogP contribution in [0.1, 0.15) is 23.0 Å². The van der Waals surface area contributed by atoms with Gasteiger partial charge in [-0.2, -0.15) is 0 Å². The molecule has 0 amide bonds. The molecule has 0 spiro atoms. The number of hydrogen-bond acceptors (Lipinski definition) is 4. The van der Waals surface area contributed by atoms with E-state index >= 15 is 0 Å². The molecule has 0 saturated carbocycles. The predicted molar refractivity (Wildman–Crippen MR) is 76.6 cm³/mol. The molecule has 2 rings (SSSR count). The van der Waals surface area contributed by atoms with Crippen LogP contribution < -0.4 is 10.5 Å². The summed E-state index contributed by atoms with van der Waals surface area (Å²) in [5.41, 5.74) is 6.77. The largest absolute Gasteiger partial charge is 0.497 e. The number of benzene rings is 1. The van der Waals surface area contributed by atoms with E-state index in [4.69, 9.17) is 15.2 Å². The van der Waals surface area contributed by atoms with E-state index in [1.807, 2.05) is 6.92 Å². The van der Waals surface area contributed by atoms with Crippen LogP contribution in [0.5, 0.6) is 5.75 Å². The summed E-state index contributed by atoms with van der Waals surface area (Å²) in [5.74, 6) is -0.605.